The summed E-state index contributed by atoms with van der Waals surface area (Å²) in [6.45, 7) is 1.99. The highest BCUT2D eigenvalue weighted by molar-refractivity contribution is 7.98. The SMILES string of the molecule is CN=C(NCCSC)NCc1cccnc1OCc1ccccc1. The van der Waals surface area contributed by atoms with Gasteiger partial charge in [-0.25, -0.2) is 4.98 Å². The average Bonchev–Trinajstić information content (AvgIpc) is 2.64. The van der Waals surface area contributed by atoms with Crippen molar-refractivity contribution in [2.24, 2.45) is 4.99 Å². The van der Waals surface area contributed by atoms with Crippen LogP contribution in [0.3, 0.4) is 0 Å². The molecule has 0 fully saturated rings. The van der Waals surface area contributed by atoms with Crippen LogP contribution in [0.4, 0.5) is 0 Å². The summed E-state index contributed by atoms with van der Waals surface area (Å²) in [7, 11) is 1.77. The van der Waals surface area contributed by atoms with E-state index in [-0.39, 0.29) is 0 Å². The zero-order valence-electron chi connectivity index (χ0n) is 14.2. The van der Waals surface area contributed by atoms with Crippen molar-refractivity contribution in [3.63, 3.8) is 0 Å². The molecule has 5 nitrogen and oxygen atoms in total. The molecule has 0 amide bonds. The molecule has 0 radical (unpaired) electrons. The molecule has 6 heteroatoms. The standard InChI is InChI=1S/C18H24N4OS/c1-19-18(21-11-12-24-2)22-13-16-9-6-10-20-17(16)23-14-15-7-4-3-5-8-15/h3-10H,11-14H2,1-2H3,(H2,19,21,22). The van der Waals surface area contributed by atoms with Gasteiger partial charge in [-0.15, -0.1) is 0 Å². The molecule has 2 aromatic rings. The third-order valence-electron chi connectivity index (χ3n) is 3.34. The van der Waals surface area contributed by atoms with Crippen LogP contribution in [0, 0.1) is 0 Å². The van der Waals surface area contributed by atoms with Gasteiger partial charge in [0.15, 0.2) is 5.96 Å². The van der Waals surface area contributed by atoms with E-state index in [1.165, 1.54) is 0 Å². The zero-order chi connectivity index (χ0) is 17.0. The van der Waals surface area contributed by atoms with Crippen molar-refractivity contribution >= 4 is 17.7 Å². The maximum atomic E-state index is 5.87. The van der Waals surface area contributed by atoms with Crippen LogP contribution in [0.1, 0.15) is 11.1 Å². The molecule has 0 aliphatic heterocycles. The molecular weight excluding hydrogens is 320 g/mol. The van der Waals surface area contributed by atoms with Crippen LogP contribution in [0.25, 0.3) is 0 Å². The van der Waals surface area contributed by atoms with Gasteiger partial charge in [0, 0.05) is 37.7 Å². The molecule has 0 saturated carbocycles. The third kappa shape index (κ3) is 6.12. The number of nitrogens with one attached hydrogen (secondary N) is 2. The van der Waals surface area contributed by atoms with E-state index in [0.29, 0.717) is 19.0 Å². The Hall–Kier alpha value is -2.21. The Bertz CT molecular complexity index is 634. The van der Waals surface area contributed by atoms with Crippen molar-refractivity contribution in [1.82, 2.24) is 15.6 Å². The molecule has 0 aliphatic carbocycles. The first-order valence-electron chi connectivity index (χ1n) is 7.87. The third-order valence-corrected chi connectivity index (χ3v) is 3.95. The smallest absolute Gasteiger partial charge is 0.218 e. The van der Waals surface area contributed by atoms with E-state index in [9.17, 15) is 0 Å². The second-order valence-electron chi connectivity index (χ2n) is 5.09. The molecule has 2 rings (SSSR count). The van der Waals surface area contributed by atoms with Crippen LogP contribution in [-0.4, -0.2) is 36.5 Å². The summed E-state index contributed by atoms with van der Waals surface area (Å²) in [4.78, 5) is 8.57. The number of guanidine groups is 1. The summed E-state index contributed by atoms with van der Waals surface area (Å²) >= 11 is 1.80. The van der Waals surface area contributed by atoms with E-state index < -0.39 is 0 Å². The summed E-state index contributed by atoms with van der Waals surface area (Å²) in [6.07, 6.45) is 3.83. The molecule has 0 spiro atoms. The minimum Gasteiger partial charge on any atom is -0.473 e. The Kier molecular flexibility index (Phi) is 7.97. The van der Waals surface area contributed by atoms with Crippen LogP contribution in [0.15, 0.2) is 53.7 Å². The van der Waals surface area contributed by atoms with Crippen LogP contribution < -0.4 is 15.4 Å². The Morgan fingerprint density at radius 3 is 2.75 bits per heavy atom. The lowest BCUT2D eigenvalue weighted by atomic mass is 10.2. The highest BCUT2D eigenvalue weighted by atomic mass is 32.2. The molecule has 0 aliphatic rings. The predicted octanol–water partition coefficient (Wildman–Crippen LogP) is 2.69. The van der Waals surface area contributed by atoms with Gasteiger partial charge in [-0.05, 0) is 17.9 Å². The molecule has 1 aromatic heterocycles. The van der Waals surface area contributed by atoms with E-state index in [0.717, 1.165) is 29.4 Å². The van der Waals surface area contributed by atoms with Crippen molar-refractivity contribution < 1.29 is 4.74 Å². The highest BCUT2D eigenvalue weighted by Crippen LogP contribution is 2.15. The molecule has 128 valence electrons. The number of hydrogen-bond donors (Lipinski definition) is 2. The molecule has 0 saturated heterocycles. The lowest BCUT2D eigenvalue weighted by Crippen LogP contribution is -2.38. The maximum Gasteiger partial charge on any atom is 0.218 e. The van der Waals surface area contributed by atoms with Crippen LogP contribution in [0.5, 0.6) is 5.88 Å². The fourth-order valence-electron chi connectivity index (χ4n) is 2.09. The fraction of sp³-hybridized carbons (Fsp3) is 0.333. The van der Waals surface area contributed by atoms with E-state index in [4.69, 9.17) is 4.74 Å². The van der Waals surface area contributed by atoms with Gasteiger partial charge in [-0.1, -0.05) is 36.4 Å². The lowest BCUT2D eigenvalue weighted by Gasteiger charge is -2.14. The summed E-state index contributed by atoms with van der Waals surface area (Å²) < 4.78 is 5.87. The fourth-order valence-corrected chi connectivity index (χ4v) is 2.39. The molecule has 0 atom stereocenters. The Morgan fingerprint density at radius 2 is 2.00 bits per heavy atom. The Labute approximate surface area is 147 Å². The van der Waals surface area contributed by atoms with Crippen LogP contribution >= 0.6 is 11.8 Å². The summed E-state index contributed by atoms with van der Waals surface area (Å²) in [5, 5.41) is 6.57. The molecule has 1 aromatic carbocycles. The van der Waals surface area contributed by atoms with Gasteiger partial charge in [0.25, 0.3) is 0 Å². The minimum atomic E-state index is 0.506. The largest absolute Gasteiger partial charge is 0.473 e. The van der Waals surface area contributed by atoms with E-state index in [1.807, 2.05) is 42.5 Å². The number of nitrogens with zero attached hydrogens (tertiary/aromatic N) is 2. The first kappa shape index (κ1) is 18.1. The van der Waals surface area contributed by atoms with Gasteiger partial charge in [0.05, 0.1) is 0 Å². The predicted molar refractivity (Wildman–Crippen MR) is 102 cm³/mol. The average molecular weight is 344 g/mol. The van der Waals surface area contributed by atoms with E-state index in [1.54, 1.807) is 25.0 Å². The van der Waals surface area contributed by atoms with Gasteiger partial charge in [-0.3, -0.25) is 4.99 Å². The summed E-state index contributed by atoms with van der Waals surface area (Å²) in [5.41, 5.74) is 2.12. The first-order chi connectivity index (χ1) is 11.8. The van der Waals surface area contributed by atoms with E-state index in [2.05, 4.69) is 26.9 Å². The quantitative estimate of drug-likeness (QED) is 0.438. The summed E-state index contributed by atoms with van der Waals surface area (Å²) in [6, 6.07) is 14.0. The van der Waals surface area contributed by atoms with Crippen molar-refractivity contribution in [3.05, 3.63) is 59.8 Å². The molecule has 24 heavy (non-hydrogen) atoms. The summed E-state index contributed by atoms with van der Waals surface area (Å²) in [5.74, 6) is 2.47. The van der Waals surface area contributed by atoms with Gasteiger partial charge >= 0.3 is 0 Å². The number of pyridine rings is 1. The second kappa shape index (κ2) is 10.5. The monoisotopic (exact) mass is 344 g/mol. The number of aromatic nitrogens is 1. The molecular formula is C18H24N4OS. The number of benzene rings is 1. The van der Waals surface area contributed by atoms with Crippen molar-refractivity contribution in [3.8, 4) is 5.88 Å². The van der Waals surface area contributed by atoms with Gasteiger partial charge in [0.2, 0.25) is 5.88 Å². The normalized spacial score (nSPS) is 11.2. The van der Waals surface area contributed by atoms with Crippen LogP contribution in [-0.2, 0) is 13.2 Å². The van der Waals surface area contributed by atoms with Crippen molar-refractivity contribution in [2.45, 2.75) is 13.2 Å². The second-order valence-corrected chi connectivity index (χ2v) is 6.07. The maximum absolute atomic E-state index is 5.87. The van der Waals surface area contributed by atoms with E-state index >= 15 is 0 Å². The van der Waals surface area contributed by atoms with Crippen molar-refractivity contribution in [2.75, 3.05) is 25.6 Å². The van der Waals surface area contributed by atoms with Crippen molar-refractivity contribution in [1.29, 1.82) is 0 Å². The van der Waals surface area contributed by atoms with Gasteiger partial charge in [0.1, 0.15) is 6.61 Å². The molecule has 0 unspecified atom stereocenters. The minimum absolute atomic E-state index is 0.506. The Morgan fingerprint density at radius 1 is 1.17 bits per heavy atom. The molecule has 2 N–H and O–H groups in total. The highest BCUT2D eigenvalue weighted by Gasteiger charge is 2.06. The number of thioether (sulfide) groups is 1. The number of hydrogen-bond acceptors (Lipinski definition) is 4. The zero-order valence-corrected chi connectivity index (χ0v) is 15.0. The number of ether oxygens (including phenoxy) is 1. The van der Waals surface area contributed by atoms with Crippen LogP contribution in [0.2, 0.25) is 0 Å². The number of rotatable bonds is 8. The topological polar surface area (TPSA) is 58.5 Å². The van der Waals surface area contributed by atoms with Gasteiger partial charge < -0.3 is 15.4 Å². The van der Waals surface area contributed by atoms with Gasteiger partial charge in [-0.2, -0.15) is 11.8 Å². The lowest BCUT2D eigenvalue weighted by molar-refractivity contribution is 0.290. The number of aliphatic imine (C=N–C) groups is 1. The molecule has 1 heterocycles. The molecule has 0 bridgehead atoms. The Balaban J connectivity index is 1.90. The first-order valence-corrected chi connectivity index (χ1v) is 9.27.